The van der Waals surface area contributed by atoms with E-state index in [-0.39, 0.29) is 16.7 Å². The molecule has 8 heteroatoms. The van der Waals surface area contributed by atoms with Gasteiger partial charge in [-0.25, -0.2) is 8.78 Å². The maximum absolute atomic E-state index is 13.9. The molecule has 2 aromatic carbocycles. The zero-order valence-corrected chi connectivity index (χ0v) is 13.4. The highest BCUT2D eigenvalue weighted by molar-refractivity contribution is 6.23. The Kier molecular flexibility index (Phi) is 4.22. The highest BCUT2D eigenvalue weighted by atomic mass is 19.1. The molecule has 0 aliphatic carbocycles. The molecule has 0 spiro atoms. The smallest absolute Gasteiger partial charge is 0.262 e. The van der Waals surface area contributed by atoms with Gasteiger partial charge in [0.25, 0.3) is 11.8 Å². The lowest BCUT2D eigenvalue weighted by atomic mass is 10.1. The number of fused-ring (bicyclic) bond motifs is 1. The molecule has 0 fully saturated rings. The third-order valence-corrected chi connectivity index (χ3v) is 4.01. The van der Waals surface area contributed by atoms with Crippen molar-refractivity contribution in [1.82, 2.24) is 4.90 Å². The Morgan fingerprint density at radius 2 is 1.62 bits per heavy atom. The van der Waals surface area contributed by atoms with Crippen molar-refractivity contribution in [3.05, 3.63) is 64.7 Å². The fourth-order valence-corrected chi connectivity index (χ4v) is 2.66. The largest absolute Gasteiger partial charge is 0.319 e. The number of nitriles is 1. The summed E-state index contributed by atoms with van der Waals surface area (Å²) >= 11 is 0. The van der Waals surface area contributed by atoms with Crippen LogP contribution in [0.25, 0.3) is 0 Å². The normalized spacial score (nSPS) is 14.0. The molecule has 1 aliphatic heterocycles. The van der Waals surface area contributed by atoms with E-state index in [0.717, 1.165) is 17.0 Å². The van der Waals surface area contributed by atoms with Gasteiger partial charge in [0.1, 0.15) is 11.7 Å². The molecule has 3 amide bonds. The number of benzene rings is 2. The van der Waals surface area contributed by atoms with Crippen LogP contribution in [0.3, 0.4) is 0 Å². The van der Waals surface area contributed by atoms with Crippen LogP contribution in [0.15, 0.2) is 36.4 Å². The molecule has 6 nitrogen and oxygen atoms in total. The van der Waals surface area contributed by atoms with Gasteiger partial charge in [-0.2, -0.15) is 5.26 Å². The molecule has 3 rings (SSSR count). The molecular weight excluding hydrogens is 344 g/mol. The minimum atomic E-state index is -1.29. The molecule has 1 atom stereocenters. The van der Waals surface area contributed by atoms with Gasteiger partial charge >= 0.3 is 0 Å². The molecule has 0 saturated heterocycles. The summed E-state index contributed by atoms with van der Waals surface area (Å²) in [6.07, 6.45) is 0. The predicted octanol–water partition coefficient (Wildman–Crippen LogP) is 2.46. The lowest BCUT2D eigenvalue weighted by Crippen LogP contribution is -2.45. The van der Waals surface area contributed by atoms with Crippen molar-refractivity contribution in [1.29, 1.82) is 5.26 Å². The predicted molar refractivity (Wildman–Crippen MR) is 86.1 cm³/mol. The van der Waals surface area contributed by atoms with Gasteiger partial charge < -0.3 is 5.32 Å². The zero-order valence-electron chi connectivity index (χ0n) is 13.4. The fraction of sp³-hybridized carbons (Fsp3) is 0.111. The van der Waals surface area contributed by atoms with Crippen molar-refractivity contribution in [3.8, 4) is 6.07 Å². The summed E-state index contributed by atoms with van der Waals surface area (Å²) in [7, 11) is 0. The van der Waals surface area contributed by atoms with Gasteiger partial charge in [-0.3, -0.25) is 19.3 Å². The Hall–Kier alpha value is -3.60. The van der Waals surface area contributed by atoms with Gasteiger partial charge in [-0.1, -0.05) is 12.1 Å². The second-order valence-electron chi connectivity index (χ2n) is 5.62. The molecule has 0 unspecified atom stereocenters. The average molecular weight is 355 g/mol. The quantitative estimate of drug-likeness (QED) is 0.857. The molecule has 26 heavy (non-hydrogen) atoms. The number of anilines is 1. The van der Waals surface area contributed by atoms with Crippen molar-refractivity contribution in [2.24, 2.45) is 0 Å². The van der Waals surface area contributed by atoms with Gasteiger partial charge in [0.15, 0.2) is 11.6 Å². The van der Waals surface area contributed by atoms with Crippen molar-refractivity contribution in [3.63, 3.8) is 0 Å². The third-order valence-electron chi connectivity index (χ3n) is 4.01. The number of carbonyl (C=O) groups excluding carboxylic acids is 3. The number of nitrogens with one attached hydrogen (secondary N) is 1. The summed E-state index contributed by atoms with van der Waals surface area (Å²) in [5.41, 5.74) is -0.676. The summed E-state index contributed by atoms with van der Waals surface area (Å²) in [5.74, 6) is -4.53. The van der Waals surface area contributed by atoms with Gasteiger partial charge in [0.05, 0.1) is 22.8 Å². The Labute approximate surface area is 146 Å². The summed E-state index contributed by atoms with van der Waals surface area (Å²) in [5, 5.41) is 10.7. The van der Waals surface area contributed by atoms with Crippen molar-refractivity contribution in [2.75, 3.05) is 5.32 Å². The van der Waals surface area contributed by atoms with E-state index in [0.29, 0.717) is 0 Å². The number of amides is 3. The first kappa shape index (κ1) is 17.2. The van der Waals surface area contributed by atoms with Crippen molar-refractivity contribution in [2.45, 2.75) is 13.0 Å². The van der Waals surface area contributed by atoms with E-state index < -0.39 is 41.1 Å². The van der Waals surface area contributed by atoms with Crippen molar-refractivity contribution >= 4 is 23.4 Å². The lowest BCUT2D eigenvalue weighted by molar-refractivity contribution is -0.119. The fourth-order valence-electron chi connectivity index (χ4n) is 2.66. The molecule has 0 radical (unpaired) electrons. The van der Waals surface area contributed by atoms with Gasteiger partial charge in [0.2, 0.25) is 5.91 Å². The maximum Gasteiger partial charge on any atom is 0.262 e. The van der Waals surface area contributed by atoms with E-state index in [9.17, 15) is 23.2 Å². The molecular formula is C18H11F2N3O3. The third kappa shape index (κ3) is 2.69. The number of halogens is 2. The minimum Gasteiger partial charge on any atom is -0.319 e. The highest BCUT2D eigenvalue weighted by Gasteiger charge is 2.40. The number of imide groups is 1. The number of carbonyl (C=O) groups is 3. The first-order valence-electron chi connectivity index (χ1n) is 7.52. The summed E-state index contributed by atoms with van der Waals surface area (Å²) in [6, 6.07) is 7.92. The second kappa shape index (κ2) is 6.37. The van der Waals surface area contributed by atoms with Gasteiger partial charge in [-0.05, 0) is 31.2 Å². The monoisotopic (exact) mass is 355 g/mol. The number of hydrogen-bond acceptors (Lipinski definition) is 4. The van der Waals surface area contributed by atoms with Crippen LogP contribution in [0, 0.1) is 23.0 Å². The van der Waals surface area contributed by atoms with Crippen LogP contribution in [0.4, 0.5) is 14.5 Å². The Bertz CT molecular complexity index is 939. The van der Waals surface area contributed by atoms with Crippen LogP contribution in [-0.4, -0.2) is 28.7 Å². The molecule has 0 saturated carbocycles. The van der Waals surface area contributed by atoms with Crippen molar-refractivity contribution < 1.29 is 23.2 Å². The number of rotatable bonds is 3. The first-order chi connectivity index (χ1) is 12.3. The van der Waals surface area contributed by atoms with Gasteiger partial charge in [-0.15, -0.1) is 0 Å². The van der Waals surface area contributed by atoms with E-state index in [4.69, 9.17) is 5.26 Å². The number of hydrogen-bond donors (Lipinski definition) is 1. The highest BCUT2D eigenvalue weighted by Crippen LogP contribution is 2.26. The SMILES string of the molecule is C[C@H](C(=O)Nc1c(F)cc(C#N)cc1F)N1C(=O)c2ccccc2C1=O. The van der Waals surface area contributed by atoms with E-state index in [1.54, 1.807) is 18.2 Å². The molecule has 1 heterocycles. The molecule has 2 aromatic rings. The van der Waals surface area contributed by atoms with Crippen LogP contribution in [0.5, 0.6) is 0 Å². The average Bonchev–Trinajstić information content (AvgIpc) is 2.88. The minimum absolute atomic E-state index is 0.160. The van der Waals surface area contributed by atoms with E-state index in [1.807, 2.05) is 5.32 Å². The molecule has 0 bridgehead atoms. The second-order valence-corrected chi connectivity index (χ2v) is 5.62. The first-order valence-corrected chi connectivity index (χ1v) is 7.52. The molecule has 1 N–H and O–H groups in total. The topological polar surface area (TPSA) is 90.3 Å². The van der Waals surface area contributed by atoms with E-state index in [2.05, 4.69) is 0 Å². The Balaban J connectivity index is 1.85. The molecule has 130 valence electrons. The van der Waals surface area contributed by atoms with E-state index >= 15 is 0 Å². The maximum atomic E-state index is 13.9. The molecule has 1 aliphatic rings. The lowest BCUT2D eigenvalue weighted by Gasteiger charge is -2.22. The Morgan fingerprint density at radius 3 is 2.08 bits per heavy atom. The summed E-state index contributed by atoms with van der Waals surface area (Å²) in [4.78, 5) is 37.8. The zero-order chi connectivity index (χ0) is 19.0. The van der Waals surface area contributed by atoms with Crippen LogP contribution in [0.1, 0.15) is 33.2 Å². The van der Waals surface area contributed by atoms with Crippen LogP contribution in [-0.2, 0) is 4.79 Å². The molecule has 0 aromatic heterocycles. The van der Waals surface area contributed by atoms with Gasteiger partial charge in [0, 0.05) is 0 Å². The summed E-state index contributed by atoms with van der Waals surface area (Å²) in [6.45, 7) is 1.27. The van der Waals surface area contributed by atoms with Crippen LogP contribution < -0.4 is 5.32 Å². The standard InChI is InChI=1S/C18H11F2N3O3/c1-9(23-17(25)11-4-2-3-5-12(11)18(23)26)16(24)22-15-13(19)6-10(8-21)7-14(15)20/h2-7,9H,1H3,(H,22,24)/t9-/m1/s1. The number of nitrogens with zero attached hydrogens (tertiary/aromatic N) is 2. The van der Waals surface area contributed by atoms with Crippen LogP contribution in [0.2, 0.25) is 0 Å². The summed E-state index contributed by atoms with van der Waals surface area (Å²) < 4.78 is 27.8. The van der Waals surface area contributed by atoms with Crippen LogP contribution >= 0.6 is 0 Å². The van der Waals surface area contributed by atoms with E-state index in [1.165, 1.54) is 19.1 Å². The Morgan fingerprint density at radius 1 is 1.12 bits per heavy atom.